The van der Waals surface area contributed by atoms with Crippen molar-refractivity contribution in [2.45, 2.75) is 13.8 Å². The van der Waals surface area contributed by atoms with Crippen LogP contribution >= 0.6 is 0 Å². The third-order valence-corrected chi connectivity index (χ3v) is 2.61. The Bertz CT molecular complexity index is 452. The summed E-state index contributed by atoms with van der Waals surface area (Å²) in [6.07, 6.45) is 0. The van der Waals surface area contributed by atoms with Gasteiger partial charge in [0.2, 0.25) is 11.8 Å². The van der Waals surface area contributed by atoms with Gasteiger partial charge in [0.25, 0.3) is 0 Å². The first kappa shape index (κ1) is 15.2. The first-order chi connectivity index (χ1) is 8.90. The molecule has 0 aliphatic heterocycles. The van der Waals surface area contributed by atoms with Crippen molar-refractivity contribution < 1.29 is 9.59 Å². The largest absolute Gasteiger partial charge is 0.358 e. The molecule has 0 aliphatic carbocycles. The Morgan fingerprint density at radius 1 is 1.05 bits per heavy atom. The van der Waals surface area contributed by atoms with Gasteiger partial charge < -0.3 is 10.6 Å². The average Bonchev–Trinajstić information content (AvgIpc) is 2.26. The van der Waals surface area contributed by atoms with Crippen LogP contribution in [0.25, 0.3) is 0 Å². The summed E-state index contributed by atoms with van der Waals surface area (Å²) in [6.45, 7) is 4.36. The molecule has 0 saturated carbocycles. The second-order valence-electron chi connectivity index (χ2n) is 4.77. The first-order valence-corrected chi connectivity index (χ1v) is 6.18. The standard InChI is InChI=1S/C14H21N3O2/c1-10-5-11(2)7-12(6-10)16-14(19)9-17(4)8-13(18)15-3/h5-7H,8-9H2,1-4H3,(H,15,18)(H,16,19). The molecule has 0 fully saturated rings. The molecule has 5 heteroatoms. The zero-order valence-electron chi connectivity index (χ0n) is 11.9. The fraction of sp³-hybridized carbons (Fsp3) is 0.429. The maximum absolute atomic E-state index is 11.8. The lowest BCUT2D eigenvalue weighted by Gasteiger charge is -2.15. The number of rotatable bonds is 5. The van der Waals surface area contributed by atoms with E-state index in [0.717, 1.165) is 16.8 Å². The van der Waals surface area contributed by atoms with E-state index in [0.29, 0.717) is 0 Å². The molecule has 0 saturated heterocycles. The highest BCUT2D eigenvalue weighted by Gasteiger charge is 2.10. The van der Waals surface area contributed by atoms with Crippen LogP contribution in [-0.2, 0) is 9.59 Å². The van der Waals surface area contributed by atoms with E-state index in [4.69, 9.17) is 0 Å². The van der Waals surface area contributed by atoms with Crippen LogP contribution < -0.4 is 10.6 Å². The van der Waals surface area contributed by atoms with Gasteiger partial charge in [0.15, 0.2) is 0 Å². The van der Waals surface area contributed by atoms with Gasteiger partial charge in [-0.1, -0.05) is 6.07 Å². The number of hydrogen-bond acceptors (Lipinski definition) is 3. The van der Waals surface area contributed by atoms with E-state index < -0.39 is 0 Å². The molecule has 5 nitrogen and oxygen atoms in total. The molecule has 1 aromatic carbocycles. The second-order valence-corrected chi connectivity index (χ2v) is 4.77. The second kappa shape index (κ2) is 6.89. The number of nitrogens with zero attached hydrogens (tertiary/aromatic N) is 1. The van der Waals surface area contributed by atoms with E-state index >= 15 is 0 Å². The van der Waals surface area contributed by atoms with Crippen molar-refractivity contribution in [3.8, 4) is 0 Å². The fourth-order valence-electron chi connectivity index (χ4n) is 1.87. The highest BCUT2D eigenvalue weighted by atomic mass is 16.2. The molecule has 1 rings (SSSR count). The zero-order valence-corrected chi connectivity index (χ0v) is 11.9. The van der Waals surface area contributed by atoms with Gasteiger partial charge in [0.1, 0.15) is 0 Å². The number of hydrogen-bond donors (Lipinski definition) is 2. The maximum atomic E-state index is 11.8. The molecular formula is C14H21N3O2. The van der Waals surface area contributed by atoms with Crippen molar-refractivity contribution in [3.05, 3.63) is 29.3 Å². The van der Waals surface area contributed by atoms with E-state index in [1.807, 2.05) is 32.0 Å². The number of amides is 2. The summed E-state index contributed by atoms with van der Waals surface area (Å²) in [6, 6.07) is 5.89. The van der Waals surface area contributed by atoms with Crippen LogP contribution in [0.4, 0.5) is 5.69 Å². The Balaban J connectivity index is 2.53. The van der Waals surface area contributed by atoms with E-state index in [1.165, 1.54) is 0 Å². The Hall–Kier alpha value is -1.88. The van der Waals surface area contributed by atoms with Crippen LogP contribution in [-0.4, -0.2) is 43.9 Å². The van der Waals surface area contributed by atoms with Crippen LogP contribution in [0.2, 0.25) is 0 Å². The van der Waals surface area contributed by atoms with E-state index in [9.17, 15) is 9.59 Å². The van der Waals surface area contributed by atoms with Crippen molar-refractivity contribution in [3.63, 3.8) is 0 Å². The van der Waals surface area contributed by atoms with Crippen molar-refractivity contribution >= 4 is 17.5 Å². The van der Waals surface area contributed by atoms with Crippen LogP contribution in [0.1, 0.15) is 11.1 Å². The van der Waals surface area contributed by atoms with E-state index in [1.54, 1.807) is 19.0 Å². The van der Waals surface area contributed by atoms with Crippen LogP contribution in [0.15, 0.2) is 18.2 Å². The predicted octanol–water partition coefficient (Wildman–Crippen LogP) is 0.920. The molecule has 0 radical (unpaired) electrons. The normalized spacial score (nSPS) is 10.4. The van der Waals surface area contributed by atoms with Gasteiger partial charge in [-0.3, -0.25) is 14.5 Å². The Morgan fingerprint density at radius 2 is 1.58 bits per heavy atom. The van der Waals surface area contributed by atoms with Crippen molar-refractivity contribution in [2.75, 3.05) is 32.5 Å². The molecule has 0 atom stereocenters. The molecule has 0 spiro atoms. The smallest absolute Gasteiger partial charge is 0.238 e. The fourth-order valence-corrected chi connectivity index (χ4v) is 1.87. The molecule has 19 heavy (non-hydrogen) atoms. The molecular weight excluding hydrogens is 242 g/mol. The molecule has 0 unspecified atom stereocenters. The van der Waals surface area contributed by atoms with Gasteiger partial charge in [0, 0.05) is 12.7 Å². The van der Waals surface area contributed by atoms with Gasteiger partial charge >= 0.3 is 0 Å². The number of carbonyl (C=O) groups is 2. The minimum atomic E-state index is -0.128. The highest BCUT2D eigenvalue weighted by Crippen LogP contribution is 2.13. The quantitative estimate of drug-likeness (QED) is 0.830. The molecule has 2 amide bonds. The van der Waals surface area contributed by atoms with Gasteiger partial charge in [-0.25, -0.2) is 0 Å². The lowest BCUT2D eigenvalue weighted by molar-refractivity contribution is -0.122. The number of anilines is 1. The number of benzene rings is 1. The van der Waals surface area contributed by atoms with Crippen molar-refractivity contribution in [1.82, 2.24) is 10.2 Å². The SMILES string of the molecule is CNC(=O)CN(C)CC(=O)Nc1cc(C)cc(C)c1. The van der Waals surface area contributed by atoms with Crippen LogP contribution in [0.3, 0.4) is 0 Å². The zero-order chi connectivity index (χ0) is 14.4. The molecule has 0 heterocycles. The highest BCUT2D eigenvalue weighted by molar-refractivity contribution is 5.92. The van der Waals surface area contributed by atoms with Crippen molar-refractivity contribution in [1.29, 1.82) is 0 Å². The number of carbonyl (C=O) groups excluding carboxylic acids is 2. The average molecular weight is 263 g/mol. The van der Waals surface area contributed by atoms with Gasteiger partial charge in [0.05, 0.1) is 13.1 Å². The third-order valence-electron chi connectivity index (χ3n) is 2.61. The maximum Gasteiger partial charge on any atom is 0.238 e. The lowest BCUT2D eigenvalue weighted by Crippen LogP contribution is -2.37. The summed E-state index contributed by atoms with van der Waals surface area (Å²) in [7, 11) is 3.31. The summed E-state index contributed by atoms with van der Waals surface area (Å²) in [5, 5.41) is 5.35. The Labute approximate surface area is 114 Å². The van der Waals surface area contributed by atoms with E-state index in [2.05, 4.69) is 10.6 Å². The monoisotopic (exact) mass is 263 g/mol. The minimum Gasteiger partial charge on any atom is -0.358 e. The Morgan fingerprint density at radius 3 is 2.11 bits per heavy atom. The molecule has 0 aromatic heterocycles. The minimum absolute atomic E-state index is 0.110. The first-order valence-electron chi connectivity index (χ1n) is 6.18. The van der Waals surface area contributed by atoms with Gasteiger partial charge in [-0.2, -0.15) is 0 Å². The lowest BCUT2D eigenvalue weighted by atomic mass is 10.1. The van der Waals surface area contributed by atoms with Crippen LogP contribution in [0, 0.1) is 13.8 Å². The topological polar surface area (TPSA) is 61.4 Å². The van der Waals surface area contributed by atoms with Crippen LogP contribution in [0.5, 0.6) is 0 Å². The van der Waals surface area contributed by atoms with Gasteiger partial charge in [-0.05, 0) is 44.2 Å². The molecule has 0 bridgehead atoms. The Kier molecular flexibility index (Phi) is 5.51. The molecule has 1 aromatic rings. The molecule has 104 valence electrons. The van der Waals surface area contributed by atoms with E-state index in [-0.39, 0.29) is 24.9 Å². The molecule has 2 N–H and O–H groups in total. The van der Waals surface area contributed by atoms with Gasteiger partial charge in [-0.15, -0.1) is 0 Å². The summed E-state index contributed by atoms with van der Waals surface area (Å²) in [5.41, 5.74) is 3.00. The van der Waals surface area contributed by atoms with Crippen molar-refractivity contribution in [2.24, 2.45) is 0 Å². The number of nitrogens with one attached hydrogen (secondary N) is 2. The number of likely N-dealkylation sites (N-methyl/N-ethyl adjacent to an activating group) is 2. The number of aryl methyl sites for hydroxylation is 2. The summed E-state index contributed by atoms with van der Waals surface area (Å²) in [4.78, 5) is 24.7. The predicted molar refractivity (Wildman–Crippen MR) is 76.1 cm³/mol. The summed E-state index contributed by atoms with van der Waals surface area (Å²) >= 11 is 0. The molecule has 0 aliphatic rings. The summed E-state index contributed by atoms with van der Waals surface area (Å²) < 4.78 is 0. The summed E-state index contributed by atoms with van der Waals surface area (Å²) in [5.74, 6) is -0.238. The third kappa shape index (κ3) is 5.52.